The van der Waals surface area contributed by atoms with E-state index in [0.717, 1.165) is 35.5 Å². The molecule has 0 N–H and O–H groups in total. The second-order valence-corrected chi connectivity index (χ2v) is 7.16. The molecule has 0 saturated carbocycles. The molecule has 6 nitrogen and oxygen atoms in total. The number of rotatable bonds is 9. The Bertz CT molecular complexity index is 903. The number of aryl methyl sites for hydroxylation is 1. The number of carbonyl (C=O) groups excluding carboxylic acids is 1. The first-order chi connectivity index (χ1) is 13.1. The Morgan fingerprint density at radius 2 is 2.00 bits per heavy atom. The average molecular weight is 385 g/mol. The zero-order valence-corrected chi connectivity index (χ0v) is 16.6. The van der Waals surface area contributed by atoms with Gasteiger partial charge in [-0.05, 0) is 38.5 Å². The minimum atomic E-state index is 0.0607. The van der Waals surface area contributed by atoms with Crippen LogP contribution in [-0.4, -0.2) is 40.0 Å². The minimum Gasteiger partial charge on any atom is -0.411 e. The highest BCUT2D eigenvalue weighted by Gasteiger charge is 2.17. The first kappa shape index (κ1) is 19.4. The molecule has 0 unspecified atom stereocenters. The molecule has 0 aliphatic heterocycles. The molecular weight excluding hydrogens is 362 g/mol. The van der Waals surface area contributed by atoms with Crippen molar-refractivity contribution < 1.29 is 13.9 Å². The number of methoxy groups -OCH3 is 1. The molecule has 0 radical (unpaired) electrons. The molecule has 3 aromatic rings. The zero-order chi connectivity index (χ0) is 19.2. The number of hydrogen-bond acceptors (Lipinski definition) is 6. The fourth-order valence-corrected chi connectivity index (χ4v) is 3.61. The fourth-order valence-electron chi connectivity index (χ4n) is 2.97. The van der Waals surface area contributed by atoms with E-state index in [1.54, 1.807) is 7.11 Å². The van der Waals surface area contributed by atoms with Crippen molar-refractivity contribution in [2.75, 3.05) is 19.5 Å². The lowest BCUT2D eigenvalue weighted by Crippen LogP contribution is -2.08. The van der Waals surface area contributed by atoms with Gasteiger partial charge in [0.15, 0.2) is 5.78 Å². The van der Waals surface area contributed by atoms with Gasteiger partial charge < -0.3 is 13.7 Å². The van der Waals surface area contributed by atoms with Gasteiger partial charge in [-0.25, -0.2) is 0 Å². The van der Waals surface area contributed by atoms with Gasteiger partial charge in [-0.1, -0.05) is 30.0 Å². The minimum absolute atomic E-state index is 0.0607. The third-order valence-electron chi connectivity index (χ3n) is 4.36. The molecule has 0 aliphatic carbocycles. The molecule has 0 spiro atoms. The lowest BCUT2D eigenvalue weighted by atomic mass is 10.2. The number of ether oxygens (including phenoxy) is 1. The van der Waals surface area contributed by atoms with Gasteiger partial charge in [0, 0.05) is 42.8 Å². The van der Waals surface area contributed by atoms with Crippen molar-refractivity contribution in [2.45, 2.75) is 32.0 Å². The summed E-state index contributed by atoms with van der Waals surface area (Å²) >= 11 is 1.27. The van der Waals surface area contributed by atoms with Crippen molar-refractivity contribution in [3.05, 3.63) is 53.3 Å². The maximum atomic E-state index is 12.7. The summed E-state index contributed by atoms with van der Waals surface area (Å²) in [6.45, 7) is 5.55. The molecule has 142 valence electrons. The van der Waals surface area contributed by atoms with Crippen LogP contribution in [0.5, 0.6) is 0 Å². The Balaban J connectivity index is 1.63. The van der Waals surface area contributed by atoms with Crippen LogP contribution in [0.4, 0.5) is 0 Å². The molecule has 7 heteroatoms. The van der Waals surface area contributed by atoms with E-state index in [1.807, 2.05) is 50.2 Å². The fraction of sp³-hybridized carbons (Fsp3) is 0.350. The number of ketones is 1. The summed E-state index contributed by atoms with van der Waals surface area (Å²) in [6.07, 6.45) is 0.916. The molecule has 27 heavy (non-hydrogen) atoms. The summed E-state index contributed by atoms with van der Waals surface area (Å²) in [4.78, 5) is 12.7. The number of benzene rings is 1. The van der Waals surface area contributed by atoms with Crippen LogP contribution in [0.3, 0.4) is 0 Å². The maximum Gasteiger partial charge on any atom is 0.277 e. The molecule has 3 rings (SSSR count). The van der Waals surface area contributed by atoms with Crippen molar-refractivity contribution in [3.8, 4) is 11.5 Å². The number of hydrogen-bond donors (Lipinski definition) is 0. The third kappa shape index (κ3) is 4.67. The topological polar surface area (TPSA) is 70.2 Å². The second kappa shape index (κ2) is 9.01. The third-order valence-corrected chi connectivity index (χ3v) is 5.18. The number of carbonyl (C=O) groups is 1. The Labute approximate surface area is 162 Å². The van der Waals surface area contributed by atoms with Gasteiger partial charge in [-0.2, -0.15) is 0 Å². The number of thioether (sulfide) groups is 1. The van der Waals surface area contributed by atoms with E-state index in [4.69, 9.17) is 9.15 Å². The van der Waals surface area contributed by atoms with Crippen LogP contribution in [-0.2, 0) is 11.3 Å². The zero-order valence-electron chi connectivity index (χ0n) is 15.8. The lowest BCUT2D eigenvalue weighted by Gasteiger charge is -2.09. The normalized spacial score (nSPS) is 11.1. The first-order valence-corrected chi connectivity index (χ1v) is 9.79. The van der Waals surface area contributed by atoms with Crippen molar-refractivity contribution in [1.82, 2.24) is 14.8 Å². The van der Waals surface area contributed by atoms with E-state index in [-0.39, 0.29) is 11.5 Å². The molecule has 0 saturated heterocycles. The van der Waals surface area contributed by atoms with E-state index >= 15 is 0 Å². The van der Waals surface area contributed by atoms with E-state index in [1.165, 1.54) is 11.8 Å². The quantitative estimate of drug-likeness (QED) is 0.313. The van der Waals surface area contributed by atoms with Crippen molar-refractivity contribution in [2.24, 2.45) is 0 Å². The summed E-state index contributed by atoms with van der Waals surface area (Å²) in [6, 6.07) is 11.5. The highest BCUT2D eigenvalue weighted by atomic mass is 32.2. The van der Waals surface area contributed by atoms with Gasteiger partial charge in [0.05, 0.1) is 5.75 Å². The van der Waals surface area contributed by atoms with Gasteiger partial charge in [-0.3, -0.25) is 4.79 Å². The molecule has 0 amide bonds. The largest absolute Gasteiger partial charge is 0.411 e. The first-order valence-electron chi connectivity index (χ1n) is 8.80. The van der Waals surface area contributed by atoms with Gasteiger partial charge >= 0.3 is 0 Å². The Morgan fingerprint density at radius 1 is 1.22 bits per heavy atom. The van der Waals surface area contributed by atoms with Gasteiger partial charge in [-0.15, -0.1) is 10.2 Å². The van der Waals surface area contributed by atoms with Crippen LogP contribution < -0.4 is 0 Å². The van der Waals surface area contributed by atoms with Crippen molar-refractivity contribution >= 4 is 17.5 Å². The van der Waals surface area contributed by atoms with Crippen molar-refractivity contribution in [3.63, 3.8) is 0 Å². The van der Waals surface area contributed by atoms with Crippen LogP contribution >= 0.6 is 11.8 Å². The summed E-state index contributed by atoms with van der Waals surface area (Å²) in [7, 11) is 1.70. The molecular formula is C20H23N3O3S. The number of Topliss-reactive ketones (excluding diaryl/α,β-unsaturated/α-hetero) is 1. The molecule has 0 atom stereocenters. The predicted octanol–water partition coefficient (Wildman–Crippen LogP) is 4.17. The smallest absolute Gasteiger partial charge is 0.277 e. The molecule has 1 aromatic carbocycles. The number of nitrogens with zero attached hydrogens (tertiary/aromatic N) is 3. The van der Waals surface area contributed by atoms with Crippen LogP contribution in [0.15, 0.2) is 46.0 Å². The Kier molecular flexibility index (Phi) is 6.47. The average Bonchev–Trinajstić information content (AvgIpc) is 3.27. The second-order valence-electron chi connectivity index (χ2n) is 6.23. The van der Waals surface area contributed by atoms with E-state index in [0.29, 0.717) is 17.7 Å². The highest BCUT2D eigenvalue weighted by molar-refractivity contribution is 7.99. The molecule has 2 aromatic heterocycles. The highest BCUT2D eigenvalue weighted by Crippen LogP contribution is 2.24. The van der Waals surface area contributed by atoms with Gasteiger partial charge in [0.2, 0.25) is 5.89 Å². The van der Waals surface area contributed by atoms with Crippen LogP contribution in [0.1, 0.15) is 28.2 Å². The van der Waals surface area contributed by atoms with Crippen LogP contribution in [0.2, 0.25) is 0 Å². The maximum absolute atomic E-state index is 12.7. The molecule has 2 heterocycles. The van der Waals surface area contributed by atoms with Crippen molar-refractivity contribution in [1.29, 1.82) is 0 Å². The Morgan fingerprint density at radius 3 is 2.74 bits per heavy atom. The van der Waals surface area contributed by atoms with E-state index in [9.17, 15) is 4.79 Å². The predicted molar refractivity (Wildman–Crippen MR) is 105 cm³/mol. The van der Waals surface area contributed by atoms with E-state index < -0.39 is 0 Å². The van der Waals surface area contributed by atoms with Gasteiger partial charge in [0.25, 0.3) is 5.22 Å². The van der Waals surface area contributed by atoms with E-state index in [2.05, 4.69) is 14.8 Å². The summed E-state index contributed by atoms with van der Waals surface area (Å²) in [5.41, 5.74) is 3.69. The molecule has 0 fully saturated rings. The Hall–Kier alpha value is -2.38. The summed E-state index contributed by atoms with van der Waals surface area (Å²) < 4.78 is 12.9. The molecule has 0 bridgehead atoms. The standard InChI is InChI=1S/C20H23N3O3S/c1-14-12-17(15(2)23(14)10-7-11-25-3)18(24)13-27-20-22-21-19(26-20)16-8-5-4-6-9-16/h4-6,8-9,12H,7,10-11,13H2,1-3H3. The summed E-state index contributed by atoms with van der Waals surface area (Å²) in [5, 5.41) is 8.48. The van der Waals surface area contributed by atoms with Crippen LogP contribution in [0.25, 0.3) is 11.5 Å². The SMILES string of the molecule is COCCCn1c(C)cc(C(=O)CSc2nnc(-c3ccccc3)o2)c1C. The monoisotopic (exact) mass is 385 g/mol. The number of aromatic nitrogens is 3. The molecule has 0 aliphatic rings. The van der Waals surface area contributed by atoms with Crippen LogP contribution in [0, 0.1) is 13.8 Å². The summed E-state index contributed by atoms with van der Waals surface area (Å²) in [5.74, 6) is 0.783. The lowest BCUT2D eigenvalue weighted by molar-refractivity contribution is 0.102. The van der Waals surface area contributed by atoms with Gasteiger partial charge in [0.1, 0.15) is 0 Å².